The summed E-state index contributed by atoms with van der Waals surface area (Å²) >= 11 is 0. The number of terminal acetylenes is 1. The van der Waals surface area contributed by atoms with E-state index < -0.39 is 9.84 Å². The number of hydrogen-bond acceptors (Lipinski definition) is 3. The van der Waals surface area contributed by atoms with Gasteiger partial charge in [0.05, 0.1) is 17.5 Å². The maximum atomic E-state index is 11.2. The van der Waals surface area contributed by atoms with Crippen LogP contribution in [0.25, 0.3) is 0 Å². The minimum atomic E-state index is -2.81. The lowest BCUT2D eigenvalue weighted by atomic mass is 10.0. The van der Waals surface area contributed by atoms with Crippen molar-refractivity contribution in [1.82, 2.24) is 5.32 Å². The second-order valence-electron chi connectivity index (χ2n) is 4.15. The average molecular weight is 215 g/mol. The molecule has 0 saturated carbocycles. The molecule has 0 amide bonds. The summed E-state index contributed by atoms with van der Waals surface area (Å²) < 4.78 is 22.4. The van der Waals surface area contributed by atoms with Gasteiger partial charge in [0.25, 0.3) is 0 Å². The Morgan fingerprint density at radius 2 is 2.14 bits per heavy atom. The summed E-state index contributed by atoms with van der Waals surface area (Å²) in [6, 6.07) is 0.0248. The predicted octanol–water partition coefficient (Wildman–Crippen LogP) is 0.421. The van der Waals surface area contributed by atoms with Gasteiger partial charge < -0.3 is 0 Å². The fraction of sp³-hybridized carbons (Fsp3) is 0.800. The molecule has 1 saturated heterocycles. The summed E-state index contributed by atoms with van der Waals surface area (Å²) in [5, 5.41) is 3.21. The first kappa shape index (κ1) is 11.5. The molecule has 0 aromatic rings. The molecule has 0 aromatic heterocycles. The Balaban J connectivity index is 2.51. The van der Waals surface area contributed by atoms with Gasteiger partial charge in [-0.2, -0.15) is 0 Å². The van der Waals surface area contributed by atoms with E-state index in [1.807, 2.05) is 13.8 Å². The van der Waals surface area contributed by atoms with Crippen LogP contribution >= 0.6 is 0 Å². The third-order valence-electron chi connectivity index (χ3n) is 2.49. The molecule has 1 aliphatic heterocycles. The normalized spacial score (nSPS) is 27.4. The van der Waals surface area contributed by atoms with Gasteiger partial charge in [-0.05, 0) is 12.3 Å². The van der Waals surface area contributed by atoms with Crippen LogP contribution in [0.5, 0.6) is 0 Å². The lowest BCUT2D eigenvalue weighted by Gasteiger charge is -2.20. The van der Waals surface area contributed by atoms with Crippen molar-refractivity contribution in [3.8, 4) is 12.3 Å². The quantitative estimate of drug-likeness (QED) is 0.694. The minimum absolute atomic E-state index is 0.0201. The van der Waals surface area contributed by atoms with E-state index in [0.29, 0.717) is 18.1 Å². The van der Waals surface area contributed by atoms with Crippen molar-refractivity contribution in [2.45, 2.75) is 32.4 Å². The molecular formula is C10H17NO2S. The van der Waals surface area contributed by atoms with Crippen LogP contribution in [0.2, 0.25) is 0 Å². The van der Waals surface area contributed by atoms with Crippen LogP contribution in [0, 0.1) is 18.3 Å². The van der Waals surface area contributed by atoms with Gasteiger partial charge in [0.2, 0.25) is 0 Å². The first-order chi connectivity index (χ1) is 6.44. The van der Waals surface area contributed by atoms with Crippen molar-refractivity contribution in [2.24, 2.45) is 5.92 Å². The molecule has 3 nitrogen and oxygen atoms in total. The van der Waals surface area contributed by atoms with Crippen LogP contribution < -0.4 is 5.32 Å². The molecule has 1 rings (SSSR count). The molecule has 4 heteroatoms. The highest BCUT2D eigenvalue weighted by Crippen LogP contribution is 2.13. The summed E-state index contributed by atoms with van der Waals surface area (Å²) in [4.78, 5) is 0. The van der Waals surface area contributed by atoms with E-state index in [1.165, 1.54) is 0 Å². The molecule has 1 fully saturated rings. The van der Waals surface area contributed by atoms with E-state index in [-0.39, 0.29) is 17.8 Å². The molecule has 1 N–H and O–H groups in total. The summed E-state index contributed by atoms with van der Waals surface area (Å²) in [7, 11) is -2.81. The van der Waals surface area contributed by atoms with Gasteiger partial charge in [0, 0.05) is 6.04 Å². The van der Waals surface area contributed by atoms with E-state index in [9.17, 15) is 8.42 Å². The maximum Gasteiger partial charge on any atom is 0.151 e. The Hall–Kier alpha value is -0.530. The number of hydrogen-bond donors (Lipinski definition) is 1. The Morgan fingerprint density at radius 1 is 1.50 bits per heavy atom. The molecule has 14 heavy (non-hydrogen) atoms. The largest absolute Gasteiger partial charge is 0.300 e. The SMILES string of the molecule is C#CC(NC1CCS(=O)(=O)C1)C(C)C. The van der Waals surface area contributed by atoms with Crippen LogP contribution in [-0.2, 0) is 9.84 Å². The van der Waals surface area contributed by atoms with E-state index >= 15 is 0 Å². The van der Waals surface area contributed by atoms with Gasteiger partial charge >= 0.3 is 0 Å². The lowest BCUT2D eigenvalue weighted by Crippen LogP contribution is -2.41. The highest BCUT2D eigenvalue weighted by molar-refractivity contribution is 7.91. The van der Waals surface area contributed by atoms with Gasteiger partial charge in [-0.15, -0.1) is 6.42 Å². The van der Waals surface area contributed by atoms with Crippen LogP contribution in [0.1, 0.15) is 20.3 Å². The zero-order valence-corrected chi connectivity index (χ0v) is 9.47. The first-order valence-corrected chi connectivity index (χ1v) is 6.69. The average Bonchev–Trinajstić information content (AvgIpc) is 2.41. The molecule has 1 heterocycles. The third-order valence-corrected chi connectivity index (χ3v) is 4.26. The van der Waals surface area contributed by atoms with Crippen molar-refractivity contribution >= 4 is 9.84 Å². The third kappa shape index (κ3) is 3.00. The Kier molecular flexibility index (Phi) is 3.57. The van der Waals surface area contributed by atoms with E-state index in [2.05, 4.69) is 11.2 Å². The summed E-state index contributed by atoms with van der Waals surface area (Å²) in [6.45, 7) is 4.06. The molecule has 80 valence electrons. The molecule has 2 atom stereocenters. The fourth-order valence-electron chi connectivity index (χ4n) is 1.61. The maximum absolute atomic E-state index is 11.2. The highest BCUT2D eigenvalue weighted by atomic mass is 32.2. The van der Waals surface area contributed by atoms with E-state index in [4.69, 9.17) is 6.42 Å². The Bertz CT molecular complexity index is 327. The number of rotatable bonds is 3. The van der Waals surface area contributed by atoms with Crippen LogP contribution in [0.15, 0.2) is 0 Å². The molecular weight excluding hydrogens is 198 g/mol. The molecule has 1 aliphatic rings. The molecule has 2 unspecified atom stereocenters. The predicted molar refractivity (Wildman–Crippen MR) is 57.7 cm³/mol. The minimum Gasteiger partial charge on any atom is -0.300 e. The van der Waals surface area contributed by atoms with Crippen molar-refractivity contribution in [3.63, 3.8) is 0 Å². The summed E-state index contributed by atoms with van der Waals surface area (Å²) in [5.74, 6) is 3.51. The Labute approximate surface area is 86.2 Å². The van der Waals surface area contributed by atoms with Gasteiger partial charge in [0.15, 0.2) is 9.84 Å². The standard InChI is InChI=1S/C10H17NO2S/c1-4-10(8(2)3)11-9-5-6-14(12,13)7-9/h1,8-11H,5-7H2,2-3H3. The van der Waals surface area contributed by atoms with Gasteiger partial charge in [0.1, 0.15) is 0 Å². The monoisotopic (exact) mass is 215 g/mol. The fourth-order valence-corrected chi connectivity index (χ4v) is 3.30. The Morgan fingerprint density at radius 3 is 2.50 bits per heavy atom. The second kappa shape index (κ2) is 4.33. The van der Waals surface area contributed by atoms with E-state index in [0.717, 1.165) is 0 Å². The zero-order chi connectivity index (χ0) is 10.8. The zero-order valence-electron chi connectivity index (χ0n) is 8.66. The molecule has 0 radical (unpaired) electrons. The van der Waals surface area contributed by atoms with Crippen molar-refractivity contribution < 1.29 is 8.42 Å². The molecule has 0 spiro atoms. The highest BCUT2D eigenvalue weighted by Gasteiger charge is 2.29. The number of sulfone groups is 1. The first-order valence-electron chi connectivity index (χ1n) is 4.87. The van der Waals surface area contributed by atoms with Crippen LogP contribution in [0.3, 0.4) is 0 Å². The van der Waals surface area contributed by atoms with Crippen molar-refractivity contribution in [3.05, 3.63) is 0 Å². The number of nitrogens with one attached hydrogen (secondary N) is 1. The molecule has 0 aromatic carbocycles. The van der Waals surface area contributed by atoms with Gasteiger partial charge in [-0.25, -0.2) is 8.42 Å². The van der Waals surface area contributed by atoms with Crippen LogP contribution in [0.4, 0.5) is 0 Å². The summed E-state index contributed by atoms with van der Waals surface area (Å²) in [5.41, 5.74) is 0. The second-order valence-corrected chi connectivity index (χ2v) is 6.38. The topological polar surface area (TPSA) is 46.2 Å². The lowest BCUT2D eigenvalue weighted by molar-refractivity contribution is 0.427. The van der Waals surface area contributed by atoms with Gasteiger partial charge in [-0.1, -0.05) is 19.8 Å². The molecule has 0 bridgehead atoms. The van der Waals surface area contributed by atoms with Crippen LogP contribution in [-0.4, -0.2) is 32.0 Å². The van der Waals surface area contributed by atoms with Crippen molar-refractivity contribution in [2.75, 3.05) is 11.5 Å². The van der Waals surface area contributed by atoms with Crippen molar-refractivity contribution in [1.29, 1.82) is 0 Å². The van der Waals surface area contributed by atoms with Gasteiger partial charge in [-0.3, -0.25) is 5.32 Å². The van der Waals surface area contributed by atoms with E-state index in [1.54, 1.807) is 0 Å². The summed E-state index contributed by atoms with van der Waals surface area (Å²) in [6.07, 6.45) is 6.05. The molecule has 0 aliphatic carbocycles. The smallest absolute Gasteiger partial charge is 0.151 e.